The molecule has 1 aliphatic carbocycles. The Kier molecular flexibility index (Phi) is 5.02. The van der Waals surface area contributed by atoms with Gasteiger partial charge in [-0.3, -0.25) is 0 Å². The molecule has 31 heavy (non-hydrogen) atoms. The van der Waals surface area contributed by atoms with Crippen LogP contribution >= 0.6 is 0 Å². The van der Waals surface area contributed by atoms with Crippen molar-refractivity contribution >= 4 is 11.7 Å². The van der Waals surface area contributed by atoms with Crippen LogP contribution in [0.2, 0.25) is 0 Å². The summed E-state index contributed by atoms with van der Waals surface area (Å²) in [5.41, 5.74) is 7.00. The quantitative estimate of drug-likeness (QED) is 0.470. The van der Waals surface area contributed by atoms with Gasteiger partial charge in [-0.2, -0.15) is 0 Å². The molecule has 158 valence electrons. The minimum atomic E-state index is -0.0733. The van der Waals surface area contributed by atoms with E-state index >= 15 is 0 Å². The van der Waals surface area contributed by atoms with E-state index in [0.29, 0.717) is 0 Å². The van der Waals surface area contributed by atoms with E-state index in [1.165, 1.54) is 22.3 Å². The first-order valence-corrected chi connectivity index (χ1v) is 10.7. The molecule has 5 heteroatoms. The Hall–Kier alpha value is -3.47. The lowest BCUT2D eigenvalue weighted by atomic mass is 10.0. The van der Waals surface area contributed by atoms with Crippen molar-refractivity contribution in [3.63, 3.8) is 0 Å². The molecule has 1 aliphatic heterocycles. The molecule has 1 unspecified atom stereocenters. The summed E-state index contributed by atoms with van der Waals surface area (Å²) in [5, 5.41) is 3.12. The van der Waals surface area contributed by atoms with Crippen molar-refractivity contribution in [1.82, 2.24) is 4.90 Å². The van der Waals surface area contributed by atoms with E-state index in [4.69, 9.17) is 9.47 Å². The van der Waals surface area contributed by atoms with Crippen molar-refractivity contribution in [1.29, 1.82) is 0 Å². The molecule has 0 bridgehead atoms. The van der Waals surface area contributed by atoms with Crippen molar-refractivity contribution in [3.05, 3.63) is 77.4 Å². The third-order valence-electron chi connectivity index (χ3n) is 6.36. The second-order valence-corrected chi connectivity index (χ2v) is 8.10. The van der Waals surface area contributed by atoms with Gasteiger partial charge in [0, 0.05) is 23.9 Å². The van der Waals surface area contributed by atoms with Gasteiger partial charge in [0.05, 0.1) is 20.3 Å². The second-order valence-electron chi connectivity index (χ2n) is 8.10. The Morgan fingerprint density at radius 1 is 0.968 bits per heavy atom. The van der Waals surface area contributed by atoms with Gasteiger partial charge in [-0.15, -0.1) is 0 Å². The summed E-state index contributed by atoms with van der Waals surface area (Å²) < 4.78 is 10.9. The van der Waals surface area contributed by atoms with Gasteiger partial charge < -0.3 is 19.7 Å². The summed E-state index contributed by atoms with van der Waals surface area (Å²) in [4.78, 5) is 15.1. The van der Waals surface area contributed by atoms with Crippen LogP contribution in [0.15, 0.2) is 60.7 Å². The number of benzene rings is 3. The summed E-state index contributed by atoms with van der Waals surface area (Å²) in [5.74, 6) is 1.49. The lowest BCUT2D eigenvalue weighted by Gasteiger charge is -2.27. The van der Waals surface area contributed by atoms with Crippen molar-refractivity contribution in [3.8, 4) is 22.6 Å². The smallest absolute Gasteiger partial charge is 0.322 e. The van der Waals surface area contributed by atoms with Gasteiger partial charge in [-0.25, -0.2) is 4.79 Å². The van der Waals surface area contributed by atoms with Gasteiger partial charge in [0.1, 0.15) is 11.5 Å². The number of hydrogen-bond donors (Lipinski definition) is 1. The molecular weight excluding hydrogens is 388 g/mol. The highest BCUT2D eigenvalue weighted by atomic mass is 16.5. The Morgan fingerprint density at radius 3 is 2.65 bits per heavy atom. The van der Waals surface area contributed by atoms with Crippen LogP contribution in [-0.2, 0) is 6.42 Å². The number of carbonyl (C=O) groups is 1. The van der Waals surface area contributed by atoms with Crippen LogP contribution in [-0.4, -0.2) is 31.7 Å². The van der Waals surface area contributed by atoms with Crippen molar-refractivity contribution in [2.24, 2.45) is 0 Å². The van der Waals surface area contributed by atoms with Crippen LogP contribution in [0.1, 0.15) is 35.6 Å². The van der Waals surface area contributed by atoms with E-state index in [-0.39, 0.29) is 12.1 Å². The fourth-order valence-corrected chi connectivity index (χ4v) is 4.85. The first-order valence-electron chi connectivity index (χ1n) is 10.7. The Labute approximate surface area is 182 Å². The van der Waals surface area contributed by atoms with Gasteiger partial charge in [0.2, 0.25) is 0 Å². The van der Waals surface area contributed by atoms with E-state index in [9.17, 15) is 4.79 Å². The summed E-state index contributed by atoms with van der Waals surface area (Å²) in [6.07, 6.45) is 2.78. The molecular formula is C26H26N2O3. The normalized spacial score (nSPS) is 16.6. The summed E-state index contributed by atoms with van der Waals surface area (Å²) in [7, 11) is 3.29. The largest absolute Gasteiger partial charge is 0.497 e. The molecule has 1 saturated heterocycles. The number of hydrogen-bond acceptors (Lipinski definition) is 3. The minimum Gasteiger partial charge on any atom is -0.497 e. The number of amides is 2. The fraction of sp³-hybridized carbons (Fsp3) is 0.269. The number of carbonyl (C=O) groups excluding carboxylic acids is 1. The van der Waals surface area contributed by atoms with Crippen molar-refractivity contribution < 1.29 is 14.3 Å². The van der Waals surface area contributed by atoms with E-state index in [2.05, 4.69) is 41.7 Å². The zero-order chi connectivity index (χ0) is 21.4. The molecule has 2 amide bonds. The van der Waals surface area contributed by atoms with Crippen molar-refractivity contribution in [2.45, 2.75) is 25.3 Å². The maximum Gasteiger partial charge on any atom is 0.322 e. The first kappa shape index (κ1) is 19.5. The molecule has 5 rings (SSSR count). The summed E-state index contributed by atoms with van der Waals surface area (Å²) in [6.45, 7) is 0.724. The molecule has 0 spiro atoms. The molecule has 2 aliphatic rings. The SMILES string of the molecule is COc1ccc(C2CCCN2C(=O)Nc2ccc3c(c2)Cc2ccccc2-3)c(OC)c1. The van der Waals surface area contributed by atoms with Crippen LogP contribution < -0.4 is 14.8 Å². The van der Waals surface area contributed by atoms with Crippen LogP contribution in [0.4, 0.5) is 10.5 Å². The van der Waals surface area contributed by atoms with E-state index in [1.807, 2.05) is 29.2 Å². The topological polar surface area (TPSA) is 50.8 Å². The number of anilines is 1. The summed E-state index contributed by atoms with van der Waals surface area (Å²) in [6, 6.07) is 20.4. The van der Waals surface area contributed by atoms with Crippen molar-refractivity contribution in [2.75, 3.05) is 26.1 Å². The highest BCUT2D eigenvalue weighted by molar-refractivity contribution is 5.91. The monoisotopic (exact) mass is 414 g/mol. The molecule has 1 atom stereocenters. The Morgan fingerprint density at radius 2 is 1.81 bits per heavy atom. The van der Waals surface area contributed by atoms with Crippen LogP contribution in [0, 0.1) is 0 Å². The van der Waals surface area contributed by atoms with E-state index in [0.717, 1.165) is 48.6 Å². The molecule has 3 aromatic rings. The number of methoxy groups -OCH3 is 2. The molecule has 5 nitrogen and oxygen atoms in total. The van der Waals surface area contributed by atoms with E-state index in [1.54, 1.807) is 14.2 Å². The van der Waals surface area contributed by atoms with E-state index < -0.39 is 0 Å². The minimum absolute atomic E-state index is 0.0143. The van der Waals surface area contributed by atoms with Gasteiger partial charge in [-0.1, -0.05) is 30.3 Å². The molecule has 1 heterocycles. The number of rotatable bonds is 4. The van der Waals surface area contributed by atoms with Gasteiger partial charge in [0.25, 0.3) is 0 Å². The molecule has 0 aromatic heterocycles. The number of nitrogens with zero attached hydrogens (tertiary/aromatic N) is 1. The number of urea groups is 1. The number of fused-ring (bicyclic) bond motifs is 3. The molecule has 1 fully saturated rings. The molecule has 1 N–H and O–H groups in total. The second kappa shape index (κ2) is 7.99. The average molecular weight is 415 g/mol. The maximum absolute atomic E-state index is 13.2. The fourth-order valence-electron chi connectivity index (χ4n) is 4.85. The summed E-state index contributed by atoms with van der Waals surface area (Å²) >= 11 is 0. The number of likely N-dealkylation sites (tertiary alicyclic amines) is 1. The molecule has 0 saturated carbocycles. The number of ether oxygens (including phenoxy) is 2. The van der Waals surface area contributed by atoms with Crippen LogP contribution in [0.5, 0.6) is 11.5 Å². The molecule has 3 aromatic carbocycles. The zero-order valence-electron chi connectivity index (χ0n) is 17.9. The average Bonchev–Trinajstić information content (AvgIpc) is 3.43. The van der Waals surface area contributed by atoms with Gasteiger partial charge >= 0.3 is 6.03 Å². The highest BCUT2D eigenvalue weighted by Gasteiger charge is 2.32. The standard InChI is InChI=1S/C26H26N2O3/c1-30-20-10-12-23(25(16-20)31-2)24-8-5-13-28(24)26(29)27-19-9-11-22-18(15-19)14-17-6-3-4-7-21(17)22/h3-4,6-7,9-12,15-16,24H,5,8,13-14H2,1-2H3,(H,27,29). The maximum atomic E-state index is 13.2. The Bertz CT molecular complexity index is 1140. The third-order valence-corrected chi connectivity index (χ3v) is 6.36. The lowest BCUT2D eigenvalue weighted by molar-refractivity contribution is 0.206. The van der Waals surface area contributed by atoms with Crippen LogP contribution in [0.25, 0.3) is 11.1 Å². The lowest BCUT2D eigenvalue weighted by Crippen LogP contribution is -2.34. The third kappa shape index (κ3) is 3.50. The first-order chi connectivity index (χ1) is 15.2. The highest BCUT2D eigenvalue weighted by Crippen LogP contribution is 2.40. The predicted octanol–water partition coefficient (Wildman–Crippen LogP) is 5.64. The van der Waals surface area contributed by atoms with Gasteiger partial charge in [-0.05, 0) is 65.8 Å². The number of nitrogens with one attached hydrogen (secondary N) is 1. The van der Waals surface area contributed by atoms with Crippen LogP contribution in [0.3, 0.4) is 0 Å². The predicted molar refractivity (Wildman–Crippen MR) is 122 cm³/mol. The zero-order valence-corrected chi connectivity index (χ0v) is 17.9. The Balaban J connectivity index is 1.36. The molecule has 0 radical (unpaired) electrons. The van der Waals surface area contributed by atoms with Gasteiger partial charge in [0.15, 0.2) is 0 Å².